The SMILES string of the molecule is Clc1ccc(-c2cc[c]nc2)c(Cl)c1. The van der Waals surface area contributed by atoms with Crippen LogP contribution < -0.4 is 0 Å². The van der Waals surface area contributed by atoms with Crippen LogP contribution in [0, 0.1) is 6.20 Å². The first kappa shape index (κ1) is 9.50. The zero-order valence-electron chi connectivity index (χ0n) is 7.17. The second-order valence-electron chi connectivity index (χ2n) is 2.80. The molecule has 1 aromatic carbocycles. The van der Waals surface area contributed by atoms with Crippen molar-refractivity contribution in [2.24, 2.45) is 0 Å². The lowest BCUT2D eigenvalue weighted by molar-refractivity contribution is 1.31. The average molecular weight is 223 g/mol. The lowest BCUT2D eigenvalue weighted by atomic mass is 10.1. The summed E-state index contributed by atoms with van der Waals surface area (Å²) >= 11 is 11.8. The van der Waals surface area contributed by atoms with Gasteiger partial charge in [0.2, 0.25) is 0 Å². The van der Waals surface area contributed by atoms with Crippen LogP contribution in [0.15, 0.2) is 36.5 Å². The van der Waals surface area contributed by atoms with Gasteiger partial charge in [-0.3, -0.25) is 4.98 Å². The molecule has 0 amide bonds. The Balaban J connectivity index is 2.53. The smallest absolute Gasteiger partial charge is 0.0886 e. The maximum atomic E-state index is 6.04. The van der Waals surface area contributed by atoms with Crippen molar-refractivity contribution in [3.05, 3.63) is 52.8 Å². The molecule has 0 unspecified atom stereocenters. The molecule has 0 bridgehead atoms. The van der Waals surface area contributed by atoms with Gasteiger partial charge in [-0.05, 0) is 18.2 Å². The van der Waals surface area contributed by atoms with Gasteiger partial charge in [-0.15, -0.1) is 0 Å². The Morgan fingerprint density at radius 2 is 2.00 bits per heavy atom. The van der Waals surface area contributed by atoms with Crippen molar-refractivity contribution in [1.82, 2.24) is 4.98 Å². The van der Waals surface area contributed by atoms with E-state index >= 15 is 0 Å². The van der Waals surface area contributed by atoms with Gasteiger partial charge in [-0.25, -0.2) is 0 Å². The second kappa shape index (κ2) is 3.99. The van der Waals surface area contributed by atoms with E-state index in [1.807, 2.05) is 12.1 Å². The molecule has 0 aliphatic carbocycles. The molecule has 0 atom stereocenters. The lowest BCUT2D eigenvalue weighted by Gasteiger charge is -2.03. The molecule has 0 saturated carbocycles. The molecule has 2 rings (SSSR count). The van der Waals surface area contributed by atoms with E-state index in [9.17, 15) is 0 Å². The highest BCUT2D eigenvalue weighted by molar-refractivity contribution is 6.36. The zero-order chi connectivity index (χ0) is 9.97. The fourth-order valence-electron chi connectivity index (χ4n) is 1.20. The summed E-state index contributed by atoms with van der Waals surface area (Å²) in [7, 11) is 0. The summed E-state index contributed by atoms with van der Waals surface area (Å²) < 4.78 is 0. The number of hydrogen-bond acceptors (Lipinski definition) is 1. The van der Waals surface area contributed by atoms with Gasteiger partial charge in [0.25, 0.3) is 0 Å². The van der Waals surface area contributed by atoms with Crippen LogP contribution in [0.4, 0.5) is 0 Å². The van der Waals surface area contributed by atoms with Gasteiger partial charge in [-0.1, -0.05) is 35.3 Å². The quantitative estimate of drug-likeness (QED) is 0.715. The molecule has 0 spiro atoms. The molecule has 0 saturated heterocycles. The normalized spacial score (nSPS) is 10.1. The Bertz CT molecular complexity index is 440. The lowest BCUT2D eigenvalue weighted by Crippen LogP contribution is -1.80. The summed E-state index contributed by atoms with van der Waals surface area (Å²) in [5.74, 6) is 0. The second-order valence-corrected chi connectivity index (χ2v) is 3.64. The number of pyridine rings is 1. The van der Waals surface area contributed by atoms with Gasteiger partial charge in [0, 0.05) is 27.4 Å². The van der Waals surface area contributed by atoms with E-state index in [0.29, 0.717) is 10.0 Å². The van der Waals surface area contributed by atoms with Crippen LogP contribution in [-0.4, -0.2) is 4.98 Å². The molecule has 2 aromatic rings. The van der Waals surface area contributed by atoms with E-state index in [0.717, 1.165) is 11.1 Å². The maximum Gasteiger partial charge on any atom is 0.0886 e. The number of hydrogen-bond donors (Lipinski definition) is 0. The van der Waals surface area contributed by atoms with Crippen LogP contribution in [0.1, 0.15) is 0 Å². The average Bonchev–Trinajstić information content (AvgIpc) is 2.19. The van der Waals surface area contributed by atoms with Crippen LogP contribution in [0.25, 0.3) is 11.1 Å². The van der Waals surface area contributed by atoms with Gasteiger partial charge < -0.3 is 0 Å². The molecule has 1 aromatic heterocycles. The molecule has 0 aliphatic rings. The van der Waals surface area contributed by atoms with Crippen molar-refractivity contribution in [2.75, 3.05) is 0 Å². The van der Waals surface area contributed by atoms with Crippen molar-refractivity contribution in [1.29, 1.82) is 0 Å². The third-order valence-corrected chi connectivity index (χ3v) is 2.41. The van der Waals surface area contributed by atoms with E-state index in [1.165, 1.54) is 0 Å². The molecule has 0 aliphatic heterocycles. The predicted molar refractivity (Wildman–Crippen MR) is 58.5 cm³/mol. The van der Waals surface area contributed by atoms with E-state index in [-0.39, 0.29) is 0 Å². The van der Waals surface area contributed by atoms with Crippen LogP contribution in [-0.2, 0) is 0 Å². The van der Waals surface area contributed by atoms with Crippen molar-refractivity contribution in [2.45, 2.75) is 0 Å². The number of benzene rings is 1. The van der Waals surface area contributed by atoms with Crippen molar-refractivity contribution in [3.8, 4) is 11.1 Å². The topological polar surface area (TPSA) is 12.9 Å². The maximum absolute atomic E-state index is 6.04. The van der Waals surface area contributed by atoms with Gasteiger partial charge in [0.1, 0.15) is 0 Å². The molecule has 3 heteroatoms. The number of nitrogens with zero attached hydrogens (tertiary/aromatic N) is 1. The Morgan fingerprint density at radius 3 is 2.64 bits per heavy atom. The number of aromatic nitrogens is 1. The summed E-state index contributed by atoms with van der Waals surface area (Å²) in [5, 5.41) is 1.26. The first-order valence-corrected chi connectivity index (χ1v) is 4.80. The van der Waals surface area contributed by atoms with Crippen LogP contribution in [0.2, 0.25) is 10.0 Å². The van der Waals surface area contributed by atoms with Crippen molar-refractivity contribution >= 4 is 23.2 Å². The van der Waals surface area contributed by atoms with Crippen LogP contribution in [0.5, 0.6) is 0 Å². The molecule has 0 fully saturated rings. The molecule has 1 radical (unpaired) electrons. The van der Waals surface area contributed by atoms with Crippen LogP contribution >= 0.6 is 23.2 Å². The number of rotatable bonds is 1. The van der Waals surface area contributed by atoms with E-state index in [1.54, 1.807) is 24.4 Å². The molecule has 1 heterocycles. The fraction of sp³-hybridized carbons (Fsp3) is 0. The molecule has 14 heavy (non-hydrogen) atoms. The highest BCUT2D eigenvalue weighted by Gasteiger charge is 2.03. The summed E-state index contributed by atoms with van der Waals surface area (Å²) in [6.45, 7) is 0. The van der Waals surface area contributed by atoms with Gasteiger partial charge in [0.05, 0.1) is 6.20 Å². The van der Waals surface area contributed by atoms with Gasteiger partial charge in [0.15, 0.2) is 0 Å². The monoisotopic (exact) mass is 222 g/mol. The van der Waals surface area contributed by atoms with E-state index in [4.69, 9.17) is 23.2 Å². The first-order valence-electron chi connectivity index (χ1n) is 4.05. The standard InChI is InChI=1S/C11H6Cl2N/c12-9-3-4-10(11(13)6-9)8-2-1-5-14-7-8/h1-4,6-7H. The minimum atomic E-state index is 0.630. The highest BCUT2D eigenvalue weighted by Crippen LogP contribution is 2.29. The molecular formula is C11H6Cl2N. The highest BCUT2D eigenvalue weighted by atomic mass is 35.5. The largest absolute Gasteiger partial charge is 0.254 e. The van der Waals surface area contributed by atoms with Crippen molar-refractivity contribution in [3.63, 3.8) is 0 Å². The molecule has 0 N–H and O–H groups in total. The Labute approximate surface area is 92.3 Å². The van der Waals surface area contributed by atoms with Gasteiger partial charge >= 0.3 is 0 Å². The fourth-order valence-corrected chi connectivity index (χ4v) is 1.72. The summed E-state index contributed by atoms with van der Waals surface area (Å²) in [4.78, 5) is 3.91. The Morgan fingerprint density at radius 1 is 1.14 bits per heavy atom. The molecular weight excluding hydrogens is 217 g/mol. The van der Waals surface area contributed by atoms with Crippen LogP contribution in [0.3, 0.4) is 0 Å². The van der Waals surface area contributed by atoms with E-state index in [2.05, 4.69) is 11.2 Å². The summed E-state index contributed by atoms with van der Waals surface area (Å²) in [6.07, 6.45) is 4.43. The predicted octanol–water partition coefficient (Wildman–Crippen LogP) is 3.86. The molecule has 1 nitrogen and oxygen atoms in total. The summed E-state index contributed by atoms with van der Waals surface area (Å²) in [5.41, 5.74) is 1.89. The van der Waals surface area contributed by atoms with Gasteiger partial charge in [-0.2, -0.15) is 0 Å². The number of halogens is 2. The third kappa shape index (κ3) is 1.89. The first-order chi connectivity index (χ1) is 6.77. The summed E-state index contributed by atoms with van der Waals surface area (Å²) in [6, 6.07) is 9.05. The third-order valence-electron chi connectivity index (χ3n) is 1.86. The Hall–Kier alpha value is -1.05. The minimum absolute atomic E-state index is 0.630. The minimum Gasteiger partial charge on any atom is -0.254 e. The van der Waals surface area contributed by atoms with E-state index < -0.39 is 0 Å². The molecule has 69 valence electrons. The zero-order valence-corrected chi connectivity index (χ0v) is 8.68. The Kier molecular flexibility index (Phi) is 2.71. The van der Waals surface area contributed by atoms with Crippen molar-refractivity contribution < 1.29 is 0 Å².